The van der Waals surface area contributed by atoms with E-state index >= 15 is 0 Å². The van der Waals surface area contributed by atoms with Crippen LogP contribution in [0.3, 0.4) is 0 Å². The lowest BCUT2D eigenvalue weighted by atomic mass is 9.97. The predicted molar refractivity (Wildman–Crippen MR) is 70.7 cm³/mol. The standard InChI is InChI=1S/C12H17BrN2O2/c1-12(2,7-13)8-15-10(16)9-5-4-6-14-11(9)17-3/h4-6H,7-8H2,1-3H3,(H,15,16). The molecule has 0 bridgehead atoms. The Balaban J connectivity index is 2.70. The average Bonchev–Trinajstić information content (AvgIpc) is 2.36. The third-order valence-electron chi connectivity index (χ3n) is 2.30. The number of pyridine rings is 1. The Morgan fingerprint density at radius 2 is 2.29 bits per heavy atom. The Hall–Kier alpha value is -1.10. The smallest absolute Gasteiger partial charge is 0.256 e. The molecule has 0 fully saturated rings. The van der Waals surface area contributed by atoms with Gasteiger partial charge in [0.25, 0.3) is 5.91 Å². The molecule has 0 radical (unpaired) electrons. The Bertz CT molecular complexity index is 394. The highest BCUT2D eigenvalue weighted by Crippen LogP contribution is 2.18. The first-order valence-electron chi connectivity index (χ1n) is 5.33. The topological polar surface area (TPSA) is 51.2 Å². The number of hydrogen-bond acceptors (Lipinski definition) is 3. The fraction of sp³-hybridized carbons (Fsp3) is 0.500. The van der Waals surface area contributed by atoms with E-state index in [0.717, 1.165) is 5.33 Å². The van der Waals surface area contributed by atoms with Crippen molar-refractivity contribution < 1.29 is 9.53 Å². The van der Waals surface area contributed by atoms with Gasteiger partial charge in [-0.25, -0.2) is 4.98 Å². The molecule has 5 heteroatoms. The van der Waals surface area contributed by atoms with Crippen molar-refractivity contribution in [1.29, 1.82) is 0 Å². The predicted octanol–water partition coefficient (Wildman–Crippen LogP) is 2.24. The first kappa shape index (κ1) is 14.0. The number of carbonyl (C=O) groups is 1. The average molecular weight is 301 g/mol. The molecule has 94 valence electrons. The van der Waals surface area contributed by atoms with Gasteiger partial charge in [-0.1, -0.05) is 29.8 Å². The van der Waals surface area contributed by atoms with Gasteiger partial charge in [0.15, 0.2) is 0 Å². The highest BCUT2D eigenvalue weighted by molar-refractivity contribution is 9.09. The SMILES string of the molecule is COc1ncccc1C(=O)NCC(C)(C)CBr. The zero-order valence-corrected chi connectivity index (χ0v) is 11.9. The summed E-state index contributed by atoms with van der Waals surface area (Å²) in [6, 6.07) is 3.41. The lowest BCUT2D eigenvalue weighted by molar-refractivity contribution is 0.0936. The molecule has 0 aromatic carbocycles. The van der Waals surface area contributed by atoms with E-state index in [2.05, 4.69) is 40.1 Å². The molecule has 0 spiro atoms. The van der Waals surface area contributed by atoms with E-state index in [1.54, 1.807) is 18.3 Å². The van der Waals surface area contributed by atoms with E-state index in [0.29, 0.717) is 18.0 Å². The summed E-state index contributed by atoms with van der Waals surface area (Å²) in [6.45, 7) is 4.74. The van der Waals surface area contributed by atoms with Crippen LogP contribution >= 0.6 is 15.9 Å². The molecule has 1 aromatic rings. The molecule has 0 saturated carbocycles. The molecule has 17 heavy (non-hydrogen) atoms. The van der Waals surface area contributed by atoms with Crippen LogP contribution in [0.5, 0.6) is 5.88 Å². The second-order valence-corrected chi connectivity index (χ2v) is 5.10. The molecule has 0 aliphatic heterocycles. The van der Waals surface area contributed by atoms with Gasteiger partial charge in [-0.2, -0.15) is 0 Å². The summed E-state index contributed by atoms with van der Waals surface area (Å²) < 4.78 is 5.04. The van der Waals surface area contributed by atoms with Crippen molar-refractivity contribution in [2.75, 3.05) is 19.0 Å². The van der Waals surface area contributed by atoms with E-state index in [4.69, 9.17) is 4.74 Å². The van der Waals surface area contributed by atoms with Gasteiger partial charge in [0.1, 0.15) is 5.56 Å². The van der Waals surface area contributed by atoms with Crippen molar-refractivity contribution in [3.63, 3.8) is 0 Å². The van der Waals surface area contributed by atoms with Gasteiger partial charge in [0, 0.05) is 18.1 Å². The number of carbonyl (C=O) groups excluding carboxylic acids is 1. The molecule has 1 aromatic heterocycles. The fourth-order valence-corrected chi connectivity index (χ4v) is 1.39. The third kappa shape index (κ3) is 4.00. The van der Waals surface area contributed by atoms with E-state index < -0.39 is 0 Å². The Morgan fingerprint density at radius 3 is 2.88 bits per heavy atom. The van der Waals surface area contributed by atoms with E-state index in [-0.39, 0.29) is 11.3 Å². The number of methoxy groups -OCH3 is 1. The first-order valence-corrected chi connectivity index (χ1v) is 6.45. The van der Waals surface area contributed by atoms with Crippen LogP contribution in [-0.4, -0.2) is 29.9 Å². The van der Waals surface area contributed by atoms with Crippen LogP contribution in [0, 0.1) is 5.41 Å². The molecule has 0 unspecified atom stereocenters. The molecule has 4 nitrogen and oxygen atoms in total. The number of halogens is 1. The fourth-order valence-electron chi connectivity index (χ4n) is 1.19. The van der Waals surface area contributed by atoms with Crippen LogP contribution in [-0.2, 0) is 0 Å². The van der Waals surface area contributed by atoms with E-state index in [1.807, 2.05) is 0 Å². The van der Waals surface area contributed by atoms with Crippen molar-refractivity contribution in [3.8, 4) is 5.88 Å². The van der Waals surface area contributed by atoms with Crippen LogP contribution in [0.1, 0.15) is 24.2 Å². The third-order valence-corrected chi connectivity index (χ3v) is 3.82. The van der Waals surface area contributed by atoms with Crippen molar-refractivity contribution in [2.45, 2.75) is 13.8 Å². The Kier molecular flexibility index (Phi) is 4.93. The summed E-state index contributed by atoms with van der Waals surface area (Å²) in [7, 11) is 1.50. The van der Waals surface area contributed by atoms with Gasteiger partial charge in [-0.3, -0.25) is 4.79 Å². The van der Waals surface area contributed by atoms with Crippen LogP contribution in [0.2, 0.25) is 0 Å². The molecular weight excluding hydrogens is 284 g/mol. The van der Waals surface area contributed by atoms with Gasteiger partial charge < -0.3 is 10.1 Å². The minimum Gasteiger partial charge on any atom is -0.480 e. The normalized spacial score (nSPS) is 11.1. The van der Waals surface area contributed by atoms with Crippen LogP contribution in [0.25, 0.3) is 0 Å². The van der Waals surface area contributed by atoms with Crippen molar-refractivity contribution in [2.24, 2.45) is 5.41 Å². The second-order valence-electron chi connectivity index (χ2n) is 4.54. The Morgan fingerprint density at radius 1 is 1.59 bits per heavy atom. The minimum absolute atomic E-state index is 0.0190. The number of hydrogen-bond donors (Lipinski definition) is 1. The molecule has 0 atom stereocenters. The molecule has 1 amide bonds. The number of alkyl halides is 1. The summed E-state index contributed by atoms with van der Waals surface area (Å²) in [5, 5.41) is 3.70. The van der Waals surface area contributed by atoms with Crippen LogP contribution in [0.15, 0.2) is 18.3 Å². The van der Waals surface area contributed by atoms with Gasteiger partial charge in [-0.05, 0) is 17.5 Å². The maximum atomic E-state index is 11.9. The maximum Gasteiger partial charge on any atom is 0.256 e. The summed E-state index contributed by atoms with van der Waals surface area (Å²) >= 11 is 3.42. The highest BCUT2D eigenvalue weighted by Gasteiger charge is 2.19. The highest BCUT2D eigenvalue weighted by atomic mass is 79.9. The number of amides is 1. The molecule has 1 rings (SSSR count). The molecule has 1 heterocycles. The van der Waals surface area contributed by atoms with Gasteiger partial charge in [-0.15, -0.1) is 0 Å². The Labute approximate surface area is 110 Å². The van der Waals surface area contributed by atoms with Crippen LogP contribution in [0.4, 0.5) is 0 Å². The number of nitrogens with zero attached hydrogens (tertiary/aromatic N) is 1. The number of rotatable bonds is 5. The summed E-state index contributed by atoms with van der Waals surface area (Å²) in [5.74, 6) is 0.186. The van der Waals surface area contributed by atoms with E-state index in [9.17, 15) is 4.79 Å². The maximum absolute atomic E-state index is 11.9. The summed E-state index contributed by atoms with van der Waals surface area (Å²) in [6.07, 6.45) is 1.60. The van der Waals surface area contributed by atoms with Crippen molar-refractivity contribution in [3.05, 3.63) is 23.9 Å². The molecule has 0 saturated heterocycles. The quantitative estimate of drug-likeness (QED) is 0.849. The molecule has 1 N–H and O–H groups in total. The largest absolute Gasteiger partial charge is 0.480 e. The summed E-state index contributed by atoms with van der Waals surface area (Å²) in [4.78, 5) is 15.9. The zero-order chi connectivity index (χ0) is 12.9. The van der Waals surface area contributed by atoms with E-state index in [1.165, 1.54) is 7.11 Å². The second kappa shape index (κ2) is 6.00. The monoisotopic (exact) mass is 300 g/mol. The molecule has 0 aliphatic carbocycles. The van der Waals surface area contributed by atoms with Gasteiger partial charge in [0.05, 0.1) is 7.11 Å². The minimum atomic E-state index is -0.163. The van der Waals surface area contributed by atoms with Crippen molar-refractivity contribution >= 4 is 21.8 Å². The number of ether oxygens (including phenoxy) is 1. The summed E-state index contributed by atoms with van der Waals surface area (Å²) in [5.41, 5.74) is 0.478. The number of nitrogens with one attached hydrogen (secondary N) is 1. The lowest BCUT2D eigenvalue weighted by Crippen LogP contribution is -2.35. The van der Waals surface area contributed by atoms with Gasteiger partial charge in [0.2, 0.25) is 5.88 Å². The lowest BCUT2D eigenvalue weighted by Gasteiger charge is -2.22. The molecular formula is C12H17BrN2O2. The van der Waals surface area contributed by atoms with Gasteiger partial charge >= 0.3 is 0 Å². The van der Waals surface area contributed by atoms with Crippen molar-refractivity contribution in [1.82, 2.24) is 10.3 Å². The molecule has 0 aliphatic rings. The first-order chi connectivity index (χ1) is 8.00. The zero-order valence-electron chi connectivity index (χ0n) is 10.3. The van der Waals surface area contributed by atoms with Crippen LogP contribution < -0.4 is 10.1 Å². The number of aromatic nitrogens is 1.